The SMILES string of the molecule is C[C@H]1CCC[C@@]2(C)C=C(C=O)[C@H]3CC[C@@]12C3. The number of hydrogen-bond donors (Lipinski definition) is 0. The Morgan fingerprint density at radius 1 is 1.38 bits per heavy atom. The Hall–Kier alpha value is -0.590. The third-order valence-electron chi connectivity index (χ3n) is 6.06. The molecule has 0 amide bonds. The summed E-state index contributed by atoms with van der Waals surface area (Å²) in [6.45, 7) is 4.85. The number of aldehydes is 1. The molecule has 0 aromatic rings. The second-order valence-corrected chi connectivity index (χ2v) is 6.57. The summed E-state index contributed by atoms with van der Waals surface area (Å²) in [6.07, 6.45) is 11.4. The van der Waals surface area contributed by atoms with Crippen molar-refractivity contribution in [2.75, 3.05) is 0 Å². The maximum absolute atomic E-state index is 11.2. The van der Waals surface area contributed by atoms with E-state index in [0.29, 0.717) is 16.7 Å². The minimum absolute atomic E-state index is 0.313. The van der Waals surface area contributed by atoms with Gasteiger partial charge < -0.3 is 0 Å². The van der Waals surface area contributed by atoms with Crippen molar-refractivity contribution in [3.63, 3.8) is 0 Å². The second kappa shape index (κ2) is 3.21. The van der Waals surface area contributed by atoms with E-state index >= 15 is 0 Å². The zero-order valence-corrected chi connectivity index (χ0v) is 10.5. The first-order valence-electron chi connectivity index (χ1n) is 6.79. The molecule has 3 rings (SSSR count). The monoisotopic (exact) mass is 218 g/mol. The molecular formula is C15H22O. The lowest BCUT2D eigenvalue weighted by molar-refractivity contribution is -0.106. The predicted octanol–water partition coefficient (Wildman–Crippen LogP) is 3.74. The van der Waals surface area contributed by atoms with Crippen LogP contribution in [-0.4, -0.2) is 6.29 Å². The largest absolute Gasteiger partial charge is 0.298 e. The van der Waals surface area contributed by atoms with E-state index in [1.54, 1.807) is 0 Å². The van der Waals surface area contributed by atoms with Crippen LogP contribution >= 0.6 is 0 Å². The van der Waals surface area contributed by atoms with Crippen molar-refractivity contribution in [3.8, 4) is 0 Å². The molecule has 1 nitrogen and oxygen atoms in total. The van der Waals surface area contributed by atoms with E-state index < -0.39 is 0 Å². The molecule has 88 valence electrons. The fraction of sp³-hybridized carbons (Fsp3) is 0.800. The van der Waals surface area contributed by atoms with E-state index in [-0.39, 0.29) is 0 Å². The van der Waals surface area contributed by atoms with Crippen LogP contribution in [0.4, 0.5) is 0 Å². The summed E-state index contributed by atoms with van der Waals surface area (Å²) in [7, 11) is 0. The summed E-state index contributed by atoms with van der Waals surface area (Å²) in [5.74, 6) is 1.44. The van der Waals surface area contributed by atoms with Crippen molar-refractivity contribution < 1.29 is 4.79 Å². The normalized spacial score (nSPS) is 50.8. The van der Waals surface area contributed by atoms with Gasteiger partial charge in [-0.05, 0) is 53.9 Å². The van der Waals surface area contributed by atoms with E-state index in [1.165, 1.54) is 38.5 Å². The first-order valence-corrected chi connectivity index (χ1v) is 6.79. The summed E-state index contributed by atoms with van der Waals surface area (Å²) in [4.78, 5) is 11.2. The molecule has 3 aliphatic carbocycles. The van der Waals surface area contributed by atoms with E-state index in [1.807, 2.05) is 0 Å². The molecule has 1 spiro atoms. The van der Waals surface area contributed by atoms with Crippen LogP contribution in [0.1, 0.15) is 52.4 Å². The Balaban J connectivity index is 2.10. The minimum atomic E-state index is 0.313. The lowest BCUT2D eigenvalue weighted by atomic mass is 9.49. The van der Waals surface area contributed by atoms with Crippen LogP contribution in [-0.2, 0) is 4.79 Å². The topological polar surface area (TPSA) is 17.1 Å². The fourth-order valence-corrected chi connectivity index (χ4v) is 5.02. The second-order valence-electron chi connectivity index (χ2n) is 6.57. The van der Waals surface area contributed by atoms with Crippen molar-refractivity contribution >= 4 is 6.29 Å². The van der Waals surface area contributed by atoms with Gasteiger partial charge in [0.05, 0.1) is 0 Å². The Kier molecular flexibility index (Phi) is 2.12. The predicted molar refractivity (Wildman–Crippen MR) is 65.0 cm³/mol. The molecule has 2 bridgehead atoms. The van der Waals surface area contributed by atoms with Gasteiger partial charge in [0.1, 0.15) is 6.29 Å². The Morgan fingerprint density at radius 3 is 2.94 bits per heavy atom. The first-order chi connectivity index (χ1) is 7.61. The number of fused-ring (bicyclic) bond motifs is 1. The molecule has 16 heavy (non-hydrogen) atoms. The summed E-state index contributed by atoms with van der Waals surface area (Å²) < 4.78 is 0. The average molecular weight is 218 g/mol. The van der Waals surface area contributed by atoms with Gasteiger partial charge in [0.2, 0.25) is 0 Å². The fourth-order valence-electron chi connectivity index (χ4n) is 5.02. The molecule has 0 heterocycles. The third-order valence-corrected chi connectivity index (χ3v) is 6.06. The highest BCUT2D eigenvalue weighted by Crippen LogP contribution is 2.67. The lowest BCUT2D eigenvalue weighted by Crippen LogP contribution is -2.47. The minimum Gasteiger partial charge on any atom is -0.298 e. The van der Waals surface area contributed by atoms with E-state index in [4.69, 9.17) is 0 Å². The van der Waals surface area contributed by atoms with E-state index in [0.717, 1.165) is 17.8 Å². The highest BCUT2D eigenvalue weighted by Gasteiger charge is 2.58. The zero-order chi connectivity index (χ0) is 11.4. The first kappa shape index (κ1) is 10.6. The maximum Gasteiger partial charge on any atom is 0.146 e. The molecule has 0 N–H and O–H groups in total. The number of rotatable bonds is 1. The Bertz CT molecular complexity index is 356. The molecule has 0 radical (unpaired) electrons. The van der Waals surface area contributed by atoms with Crippen LogP contribution in [0.2, 0.25) is 0 Å². The van der Waals surface area contributed by atoms with Gasteiger partial charge in [-0.1, -0.05) is 32.8 Å². The molecule has 2 saturated carbocycles. The van der Waals surface area contributed by atoms with Gasteiger partial charge in [0.25, 0.3) is 0 Å². The van der Waals surface area contributed by atoms with Crippen LogP contribution in [0, 0.1) is 22.7 Å². The Morgan fingerprint density at radius 2 is 2.19 bits per heavy atom. The standard InChI is InChI=1S/C15H22O/c1-11-4-3-6-14(2)8-13(10-16)12-5-7-15(11,14)9-12/h8,10-12H,3-7,9H2,1-2H3/t11-,12-,14-,15+/m0/s1. The molecule has 3 aliphatic rings. The summed E-state index contributed by atoms with van der Waals surface area (Å²) >= 11 is 0. The molecule has 1 heteroatoms. The van der Waals surface area contributed by atoms with Crippen molar-refractivity contribution in [2.45, 2.75) is 52.4 Å². The van der Waals surface area contributed by atoms with Crippen LogP contribution in [0.5, 0.6) is 0 Å². The van der Waals surface area contributed by atoms with Crippen molar-refractivity contribution in [3.05, 3.63) is 11.6 Å². The van der Waals surface area contributed by atoms with Gasteiger partial charge >= 0.3 is 0 Å². The molecular weight excluding hydrogens is 196 g/mol. The van der Waals surface area contributed by atoms with Crippen LogP contribution in [0.3, 0.4) is 0 Å². The van der Waals surface area contributed by atoms with Gasteiger partial charge in [0, 0.05) is 0 Å². The van der Waals surface area contributed by atoms with E-state index in [2.05, 4.69) is 19.9 Å². The van der Waals surface area contributed by atoms with Crippen molar-refractivity contribution in [1.82, 2.24) is 0 Å². The highest BCUT2D eigenvalue weighted by atomic mass is 16.1. The van der Waals surface area contributed by atoms with Gasteiger partial charge in [0.15, 0.2) is 0 Å². The molecule has 0 aliphatic heterocycles. The van der Waals surface area contributed by atoms with Crippen LogP contribution in [0.25, 0.3) is 0 Å². The summed E-state index contributed by atoms with van der Waals surface area (Å²) in [5, 5.41) is 0. The molecule has 4 atom stereocenters. The number of carbonyl (C=O) groups is 1. The number of hydrogen-bond acceptors (Lipinski definition) is 1. The van der Waals surface area contributed by atoms with Gasteiger partial charge in [-0.25, -0.2) is 0 Å². The summed E-state index contributed by atoms with van der Waals surface area (Å²) in [5.41, 5.74) is 1.96. The van der Waals surface area contributed by atoms with Gasteiger partial charge in [-0.15, -0.1) is 0 Å². The lowest BCUT2D eigenvalue weighted by Gasteiger charge is -2.55. The smallest absolute Gasteiger partial charge is 0.146 e. The van der Waals surface area contributed by atoms with Crippen LogP contribution < -0.4 is 0 Å². The molecule has 0 aromatic carbocycles. The van der Waals surface area contributed by atoms with E-state index in [9.17, 15) is 4.79 Å². The quantitative estimate of drug-likeness (QED) is 0.613. The Labute approximate surface area is 98.3 Å². The summed E-state index contributed by atoms with van der Waals surface area (Å²) in [6, 6.07) is 0. The maximum atomic E-state index is 11.2. The highest BCUT2D eigenvalue weighted by molar-refractivity contribution is 5.75. The van der Waals surface area contributed by atoms with Crippen molar-refractivity contribution in [2.24, 2.45) is 22.7 Å². The molecule has 0 aromatic heterocycles. The molecule has 0 saturated heterocycles. The third kappa shape index (κ3) is 1.10. The van der Waals surface area contributed by atoms with Crippen molar-refractivity contribution in [1.29, 1.82) is 0 Å². The number of carbonyl (C=O) groups excluding carboxylic acids is 1. The van der Waals surface area contributed by atoms with Gasteiger partial charge in [-0.2, -0.15) is 0 Å². The average Bonchev–Trinajstić information content (AvgIpc) is 2.66. The van der Waals surface area contributed by atoms with Gasteiger partial charge in [-0.3, -0.25) is 4.79 Å². The number of allylic oxidation sites excluding steroid dienone is 2. The molecule has 2 fully saturated rings. The molecule has 0 unspecified atom stereocenters. The van der Waals surface area contributed by atoms with Crippen LogP contribution in [0.15, 0.2) is 11.6 Å². The zero-order valence-electron chi connectivity index (χ0n) is 10.5.